The third-order valence-corrected chi connectivity index (χ3v) is 15.4. The first kappa shape index (κ1) is 57.4. The lowest BCUT2D eigenvalue weighted by Gasteiger charge is -2.23. The van der Waals surface area contributed by atoms with Crippen molar-refractivity contribution < 1.29 is 64.7 Å². The van der Waals surface area contributed by atoms with Crippen LogP contribution in [0, 0.1) is 15.6 Å². The molecule has 428 valence electrons. The molecule has 6 aromatic heterocycles. The first-order chi connectivity index (χ1) is 38.2. The summed E-state index contributed by atoms with van der Waals surface area (Å²) < 4.78 is 73.7. The highest BCUT2D eigenvalue weighted by Crippen LogP contribution is 2.29. The number of nitrogens with two attached hydrogens (primary N) is 3. The van der Waals surface area contributed by atoms with Crippen molar-refractivity contribution in [2.24, 2.45) is 15.4 Å². The molecule has 0 bridgehead atoms. The second-order valence-corrected chi connectivity index (χ2v) is 22.8. The topological polar surface area (TPSA) is 483 Å². The summed E-state index contributed by atoms with van der Waals surface area (Å²) in [4.78, 5) is 39.8. The lowest BCUT2D eigenvalue weighted by Crippen LogP contribution is -2.97. The van der Waals surface area contributed by atoms with E-state index in [1.807, 2.05) is 0 Å². The first-order valence-corrected chi connectivity index (χ1v) is 28.0. The van der Waals surface area contributed by atoms with Gasteiger partial charge >= 0.3 is 17.8 Å². The molecule has 0 saturated heterocycles. The molecule has 4 unspecified atom stereocenters. The lowest BCUT2D eigenvalue weighted by atomic mass is 10.3. The molecule has 4 atom stereocenters. The van der Waals surface area contributed by atoms with E-state index in [2.05, 4.69) is 53.1 Å². The number of aromatic nitrogens is 9. The molecule has 0 aliphatic carbocycles. The van der Waals surface area contributed by atoms with E-state index < -0.39 is 53.8 Å². The molecule has 3 aromatic carbocycles. The lowest BCUT2D eigenvalue weighted by molar-refractivity contribution is -0.704. The second-order valence-electron chi connectivity index (χ2n) is 18.1. The molecular formula is C47H48N18O14S3. The number of fused-ring (bicyclic) bond motifs is 9. The summed E-state index contributed by atoms with van der Waals surface area (Å²) in [6.45, 7) is 4.07. The van der Waals surface area contributed by atoms with Gasteiger partial charge in [-0.1, -0.05) is 19.0 Å². The minimum atomic E-state index is -3.86. The summed E-state index contributed by atoms with van der Waals surface area (Å²) in [6, 6.07) is 21.1. The third-order valence-electron chi connectivity index (χ3n) is 12.6. The summed E-state index contributed by atoms with van der Waals surface area (Å²) in [7, 11) is -11.5. The van der Waals surface area contributed by atoms with E-state index in [0.717, 1.165) is 0 Å². The van der Waals surface area contributed by atoms with Gasteiger partial charge in [0.25, 0.3) is 0 Å². The highest BCUT2D eigenvalue weighted by atomic mass is 32.2. The highest BCUT2D eigenvalue weighted by molar-refractivity contribution is 7.89. The highest BCUT2D eigenvalue weighted by Gasteiger charge is 2.30. The number of hydrogen-bond donors (Lipinski definition) is 12. The van der Waals surface area contributed by atoms with Gasteiger partial charge in [-0.05, 0) is 78.9 Å². The van der Waals surface area contributed by atoms with Gasteiger partial charge in [0.1, 0.15) is 36.3 Å². The van der Waals surface area contributed by atoms with Gasteiger partial charge in [-0.2, -0.15) is 9.97 Å². The molecule has 82 heavy (non-hydrogen) atoms. The maximum atomic E-state index is 12.8. The van der Waals surface area contributed by atoms with Crippen molar-refractivity contribution in [2.45, 2.75) is 60.4 Å². The number of quaternary nitrogens is 1. The van der Waals surface area contributed by atoms with E-state index in [4.69, 9.17) is 15.4 Å². The predicted molar refractivity (Wildman–Crippen MR) is 289 cm³/mol. The number of hydrogen-bond acceptors (Lipinski definition) is 21. The number of carbonyl (C=O) groups is 2. The molecule has 3 aliphatic rings. The maximum absolute atomic E-state index is 12.8. The van der Waals surface area contributed by atoms with Crippen molar-refractivity contribution in [3.8, 4) is 0 Å². The monoisotopic (exact) mass is 1180 g/mol. The van der Waals surface area contributed by atoms with Crippen LogP contribution in [-0.4, -0.2) is 86.0 Å². The van der Waals surface area contributed by atoms with Crippen LogP contribution < -0.4 is 56.5 Å². The molecule has 0 spiro atoms. The number of aliphatic hydroxyl groups is 3. The maximum Gasteiger partial charge on any atom is 0.399 e. The molecule has 15 N–H and O–H groups in total. The smallest absolute Gasteiger partial charge is 0.399 e. The Labute approximate surface area is 463 Å². The quantitative estimate of drug-likeness (QED) is 0.0446. The van der Waals surface area contributed by atoms with Gasteiger partial charge in [0.15, 0.2) is 18.7 Å². The molecule has 3 aliphatic heterocycles. The van der Waals surface area contributed by atoms with Gasteiger partial charge < -0.3 is 56.0 Å². The van der Waals surface area contributed by atoms with Crippen LogP contribution in [0.25, 0.3) is 33.1 Å². The third kappa shape index (κ3) is 11.5. The molecule has 2 amide bonds. The minimum Gasteiger partial charge on any atom is -0.754 e. The Bertz CT molecular complexity index is 4310. The number of amides is 2. The van der Waals surface area contributed by atoms with Crippen LogP contribution in [-0.2, 0) is 59.3 Å². The number of nitrogens with one attached hydrogen (secondary N) is 6. The molecule has 35 heteroatoms. The van der Waals surface area contributed by atoms with Gasteiger partial charge in [-0.25, -0.2) is 55.4 Å². The summed E-state index contributed by atoms with van der Waals surface area (Å²) in [5.41, 5.74) is 4.09. The van der Waals surface area contributed by atoms with Crippen molar-refractivity contribution in [3.05, 3.63) is 155 Å². The Kier molecular flexibility index (Phi) is 15.2. The average Bonchev–Trinajstić information content (AvgIpc) is 4.32. The van der Waals surface area contributed by atoms with Crippen LogP contribution in [0.5, 0.6) is 0 Å². The number of carbonyl (C=O) groups excluding carboxylic acids is 2. The number of nitrogens with zero attached hydrogens (tertiary/aromatic N) is 9. The Morgan fingerprint density at radius 3 is 1.57 bits per heavy atom. The zero-order valence-corrected chi connectivity index (χ0v) is 43.7. The van der Waals surface area contributed by atoms with E-state index >= 15 is 0 Å². The second kappa shape index (κ2) is 21.7. The molecule has 9 aromatic rings. The Hall–Kier alpha value is -9.27. The van der Waals surface area contributed by atoms with Crippen molar-refractivity contribution >= 4 is 110 Å². The number of primary sulfonamides is 3. The standard InChI is InChI=1S/C16H16N6O4S.2C15H14N6O5S.CH4/c1-9-8-21-13(14(23)19-9)6-10-7-18-16(22(24)15(10)21)20-11-2-4-12(5-3-11)27(17,25)26;16-27(25,26)10-3-1-9(2-4-10)17-15-19-13-8(6-21(15)24)5-11-14(23)18-12(22)7-20(11)13;16-27(25,26)10-3-1-9(2-4-10)21(24)15-17-6-8-5-11-14(23)18-12(22)7-20(11)13(8)19-15;/h2-7,14,19,23H,1,8H2,(H,18,20)(H2,17,25,26);1-6,14,23H,7H2,(H,17,19)(H,18,22)(H2,16,25,26);1-6,14,21,23H,7H2,(H,18,22)(H2,16,25,26);1H4. The molecule has 32 nitrogen and oxygen atoms in total. The predicted octanol–water partition coefficient (Wildman–Crippen LogP) is -1.47. The molecule has 0 saturated carbocycles. The largest absolute Gasteiger partial charge is 0.754 e. The van der Waals surface area contributed by atoms with Crippen LogP contribution in [0.2, 0.25) is 0 Å². The number of rotatable bonds is 9. The van der Waals surface area contributed by atoms with Crippen molar-refractivity contribution in [2.75, 3.05) is 10.6 Å². The van der Waals surface area contributed by atoms with Gasteiger partial charge in [0, 0.05) is 29.4 Å². The molecule has 0 radical (unpaired) electrons. The summed E-state index contributed by atoms with van der Waals surface area (Å²) >= 11 is 0. The Balaban J connectivity index is 0.000000147. The Morgan fingerprint density at radius 1 is 0.610 bits per heavy atom. The molecule has 9 heterocycles. The molecule has 0 fully saturated rings. The van der Waals surface area contributed by atoms with E-state index in [1.54, 1.807) is 22.8 Å². The van der Waals surface area contributed by atoms with Crippen LogP contribution in [0.4, 0.5) is 34.9 Å². The van der Waals surface area contributed by atoms with E-state index in [0.29, 0.717) is 83.3 Å². The van der Waals surface area contributed by atoms with Gasteiger partial charge in [-0.15, -0.1) is 4.98 Å². The van der Waals surface area contributed by atoms with Crippen molar-refractivity contribution in [1.82, 2.24) is 49.6 Å². The number of anilines is 4. The average molecular weight is 1190 g/mol. The number of aliphatic hydroxyl groups excluding tert-OH is 3. The van der Waals surface area contributed by atoms with Crippen LogP contribution in [0.15, 0.2) is 137 Å². The minimum absolute atomic E-state index is 0. The van der Waals surface area contributed by atoms with E-state index in [-0.39, 0.29) is 70.5 Å². The zero-order valence-electron chi connectivity index (χ0n) is 41.3. The SMILES string of the molecule is C.C=C1Cn2c(cc3cnc(Nc4ccc(S(N)(=O)=O)cc4)[n+]([O-])c32)C(O)N1.NS(=O)(=O)c1ccc(Nc2nc3c(cc4n3CC(=O)NC4O)c[n+]2[O-])cc1.NS(=O)(=O)c1ccc([NH+]([O-])c2ncc3cc4n(c3n2)CC(=O)NC4O)cc1. The summed E-state index contributed by atoms with van der Waals surface area (Å²) in [5, 5.41) is 97.2. The van der Waals surface area contributed by atoms with Crippen LogP contribution in [0.3, 0.4) is 0 Å². The zero-order chi connectivity index (χ0) is 58.0. The number of benzene rings is 3. The molecular weight excluding hydrogens is 1140 g/mol. The van der Waals surface area contributed by atoms with E-state index in [9.17, 15) is 65.8 Å². The van der Waals surface area contributed by atoms with Crippen LogP contribution in [0.1, 0.15) is 43.2 Å². The number of allylic oxidation sites excluding steroid dienone is 1. The Morgan fingerprint density at radius 2 is 1.05 bits per heavy atom. The van der Waals surface area contributed by atoms with E-state index in [1.165, 1.54) is 101 Å². The fourth-order valence-electron chi connectivity index (χ4n) is 8.81. The number of sulfonamides is 3. The van der Waals surface area contributed by atoms with Gasteiger partial charge in [0.2, 0.25) is 53.2 Å². The molecule has 12 rings (SSSR count). The first-order valence-electron chi connectivity index (χ1n) is 23.4. The van der Waals surface area contributed by atoms with Crippen molar-refractivity contribution in [1.29, 1.82) is 0 Å². The summed E-state index contributed by atoms with van der Waals surface area (Å²) in [6.07, 6.45) is 0.919. The normalized spacial score (nSPS) is 17.1. The van der Waals surface area contributed by atoms with Gasteiger partial charge in [-0.3, -0.25) is 24.5 Å². The van der Waals surface area contributed by atoms with Gasteiger partial charge in [0.05, 0.1) is 61.0 Å². The fraction of sp³-hybridized carbons (Fsp3) is 0.149. The fourth-order valence-corrected chi connectivity index (χ4v) is 10.4. The summed E-state index contributed by atoms with van der Waals surface area (Å²) in [5.74, 6) is -0.941. The van der Waals surface area contributed by atoms with Crippen LogP contribution >= 0.6 is 0 Å². The van der Waals surface area contributed by atoms with Crippen molar-refractivity contribution in [3.63, 3.8) is 0 Å².